The third kappa shape index (κ3) is 33.0. The molecule has 0 bridgehead atoms. The molecule has 0 aliphatic heterocycles. The molecule has 0 saturated heterocycles. The molecule has 0 aliphatic rings. The van der Waals surface area contributed by atoms with Crippen molar-refractivity contribution in [3.05, 3.63) is 0 Å². The topological polar surface area (TPSA) is 142 Å². The maximum Gasteiger partial charge on any atom is 0.328 e. The van der Waals surface area contributed by atoms with Crippen LogP contribution in [0.2, 0.25) is 0 Å². The lowest BCUT2D eigenvalue weighted by Gasteiger charge is -2.18. The highest BCUT2D eigenvalue weighted by Gasteiger charge is 2.19. The zero-order valence-electron chi connectivity index (χ0n) is 32.4. The Hall–Kier alpha value is -2.16. The van der Waals surface area contributed by atoms with Gasteiger partial charge in [-0.25, -0.2) is 4.79 Å². The van der Waals surface area contributed by atoms with Gasteiger partial charge in [-0.05, 0) is 38.5 Å². The molecule has 0 aromatic heterocycles. The second kappa shape index (κ2) is 36.6. The number of aliphatic hydroxyl groups excluding tert-OH is 1. The largest absolute Gasteiger partial charge is 0.480 e. The van der Waals surface area contributed by atoms with Crippen molar-refractivity contribution in [3.63, 3.8) is 0 Å². The first kappa shape index (κ1) is 47.8. The molecule has 9 nitrogen and oxygen atoms in total. The second-order valence-electron chi connectivity index (χ2n) is 14.4. The summed E-state index contributed by atoms with van der Waals surface area (Å²) >= 11 is 0. The van der Waals surface area contributed by atoms with Gasteiger partial charge in [0.25, 0.3) is 0 Å². The minimum Gasteiger partial charge on any atom is -0.480 e. The van der Waals surface area contributed by atoms with Gasteiger partial charge in [0, 0.05) is 12.8 Å². The van der Waals surface area contributed by atoms with Crippen molar-refractivity contribution < 1.29 is 34.1 Å². The van der Waals surface area contributed by atoms with E-state index in [9.17, 15) is 19.2 Å². The first-order valence-electron chi connectivity index (χ1n) is 20.9. The number of esters is 1. The number of amides is 2. The molecule has 0 rings (SSSR count). The Balaban J connectivity index is 4.26. The van der Waals surface area contributed by atoms with E-state index in [0.717, 1.165) is 57.8 Å². The van der Waals surface area contributed by atoms with Gasteiger partial charge in [-0.2, -0.15) is 0 Å². The van der Waals surface area contributed by atoms with Crippen molar-refractivity contribution in [2.24, 2.45) is 0 Å². The fourth-order valence-corrected chi connectivity index (χ4v) is 6.36. The van der Waals surface area contributed by atoms with Crippen LogP contribution in [0.1, 0.15) is 213 Å². The number of hydrogen-bond acceptors (Lipinski definition) is 6. The summed E-state index contributed by atoms with van der Waals surface area (Å²) in [7, 11) is 0. The molecule has 0 fully saturated rings. The van der Waals surface area contributed by atoms with Crippen molar-refractivity contribution in [1.82, 2.24) is 10.6 Å². The maximum atomic E-state index is 12.7. The van der Waals surface area contributed by atoms with Crippen molar-refractivity contribution in [2.45, 2.75) is 225 Å². The van der Waals surface area contributed by atoms with Gasteiger partial charge in [0.2, 0.25) is 11.8 Å². The van der Waals surface area contributed by atoms with Gasteiger partial charge in [-0.1, -0.05) is 162 Å². The van der Waals surface area contributed by atoms with Gasteiger partial charge in [0.05, 0.1) is 13.2 Å². The van der Waals surface area contributed by atoms with Gasteiger partial charge in [0.15, 0.2) is 0 Å². The van der Waals surface area contributed by atoms with E-state index in [-0.39, 0.29) is 24.5 Å². The average molecular weight is 711 g/mol. The van der Waals surface area contributed by atoms with E-state index in [1.165, 1.54) is 122 Å². The predicted octanol–water partition coefficient (Wildman–Crippen LogP) is 9.71. The Morgan fingerprint density at radius 1 is 0.520 bits per heavy atom. The average Bonchev–Trinajstić information content (AvgIpc) is 3.10. The Bertz CT molecular complexity index is 823. The first-order chi connectivity index (χ1) is 24.3. The number of hydrogen-bond donors (Lipinski definition) is 4. The highest BCUT2D eigenvalue weighted by atomic mass is 16.5. The number of nitrogens with one attached hydrogen (secondary N) is 2. The summed E-state index contributed by atoms with van der Waals surface area (Å²) < 4.78 is 6.01. The van der Waals surface area contributed by atoms with Gasteiger partial charge in [-0.15, -0.1) is 0 Å². The van der Waals surface area contributed by atoms with Crippen LogP contribution in [0.25, 0.3) is 0 Å². The smallest absolute Gasteiger partial charge is 0.328 e. The Labute approximate surface area is 306 Å². The molecule has 2 unspecified atom stereocenters. The van der Waals surface area contributed by atoms with Crippen molar-refractivity contribution in [3.8, 4) is 0 Å². The molecule has 9 heteroatoms. The van der Waals surface area contributed by atoms with Crippen LogP contribution in [0.3, 0.4) is 0 Å². The lowest BCUT2D eigenvalue weighted by Crippen LogP contribution is -2.47. The molecule has 0 heterocycles. The number of aliphatic carboxylic acids is 1. The lowest BCUT2D eigenvalue weighted by molar-refractivity contribution is -0.150. The van der Waals surface area contributed by atoms with Crippen LogP contribution in [0, 0.1) is 0 Å². The summed E-state index contributed by atoms with van der Waals surface area (Å²) in [4.78, 5) is 47.4. The van der Waals surface area contributed by atoms with E-state index < -0.39 is 24.5 Å². The fraction of sp³-hybridized carbons (Fsp3) is 0.902. The molecule has 0 aromatic carbocycles. The summed E-state index contributed by atoms with van der Waals surface area (Å²) in [6.07, 6.45) is 35.6. The third-order valence-corrected chi connectivity index (χ3v) is 9.60. The number of aliphatic hydroxyl groups is 1. The van der Waals surface area contributed by atoms with Gasteiger partial charge in [-0.3, -0.25) is 14.4 Å². The summed E-state index contributed by atoms with van der Waals surface area (Å²) in [5, 5.41) is 22.5. The molecule has 0 aliphatic carbocycles. The zero-order chi connectivity index (χ0) is 36.9. The summed E-state index contributed by atoms with van der Waals surface area (Å²) in [6, 6.07) is -1.38. The van der Waals surface area contributed by atoms with E-state index in [1.807, 2.05) is 0 Å². The van der Waals surface area contributed by atoms with Crippen LogP contribution in [0.4, 0.5) is 0 Å². The van der Waals surface area contributed by atoms with Crippen LogP contribution >= 0.6 is 0 Å². The van der Waals surface area contributed by atoms with Gasteiger partial charge < -0.3 is 25.6 Å². The Kier molecular flexibility index (Phi) is 35.0. The molecule has 0 radical (unpaired) electrons. The summed E-state index contributed by atoms with van der Waals surface area (Å²) in [5.74, 6) is -2.28. The third-order valence-electron chi connectivity index (χ3n) is 9.60. The molecule has 4 N–H and O–H groups in total. The number of rotatable bonds is 38. The van der Waals surface area contributed by atoms with Crippen molar-refractivity contribution in [1.29, 1.82) is 0 Å². The monoisotopic (exact) mass is 711 g/mol. The molecule has 2 amide bonds. The number of carbonyl (C=O) groups excluding carboxylic acids is 3. The normalized spacial score (nSPS) is 12.4. The summed E-state index contributed by atoms with van der Waals surface area (Å²) in [5.41, 5.74) is 0. The molecule has 0 saturated carbocycles. The molecular weight excluding hydrogens is 632 g/mol. The van der Waals surface area contributed by atoms with Crippen LogP contribution in [0.15, 0.2) is 0 Å². The first-order valence-corrected chi connectivity index (χ1v) is 20.9. The molecule has 0 aromatic rings. The summed E-state index contributed by atoms with van der Waals surface area (Å²) in [6.45, 7) is 3.48. The predicted molar refractivity (Wildman–Crippen MR) is 204 cm³/mol. The number of ether oxygens (including phenoxy) is 1. The fourth-order valence-electron chi connectivity index (χ4n) is 6.36. The quantitative estimate of drug-likeness (QED) is 0.0369. The van der Waals surface area contributed by atoms with Crippen molar-refractivity contribution in [2.75, 3.05) is 13.2 Å². The lowest BCUT2D eigenvalue weighted by atomic mass is 10.0. The molecule has 50 heavy (non-hydrogen) atoms. The Morgan fingerprint density at radius 3 is 1.30 bits per heavy atom. The molecular formula is C41H78N2O7. The highest BCUT2D eigenvalue weighted by molar-refractivity contribution is 5.87. The molecule has 0 spiro atoms. The minimum absolute atomic E-state index is 0.00254. The van der Waals surface area contributed by atoms with E-state index in [0.29, 0.717) is 19.3 Å². The van der Waals surface area contributed by atoms with E-state index in [1.54, 1.807) is 0 Å². The molecule has 294 valence electrons. The number of unbranched alkanes of at least 4 members (excludes halogenated alkanes) is 24. The van der Waals surface area contributed by atoms with Crippen LogP contribution < -0.4 is 10.6 Å². The Morgan fingerprint density at radius 2 is 0.900 bits per heavy atom. The molecule has 2 atom stereocenters. The van der Waals surface area contributed by atoms with Crippen LogP contribution in [0.5, 0.6) is 0 Å². The SMILES string of the molecule is CCCCCCCCCCCCCCCC(CCCCCCCC(=O)NCC(=O)NC(CO)C(=O)O)OC(=O)CCCCCCCCCCC. The van der Waals surface area contributed by atoms with Gasteiger partial charge >= 0.3 is 11.9 Å². The van der Waals surface area contributed by atoms with Crippen molar-refractivity contribution >= 4 is 23.8 Å². The van der Waals surface area contributed by atoms with E-state index in [4.69, 9.17) is 14.9 Å². The van der Waals surface area contributed by atoms with Crippen LogP contribution in [-0.2, 0) is 23.9 Å². The number of carboxylic acid groups (broad SMARTS) is 1. The maximum absolute atomic E-state index is 12.7. The second-order valence-corrected chi connectivity index (χ2v) is 14.4. The number of carbonyl (C=O) groups is 4. The van der Waals surface area contributed by atoms with E-state index in [2.05, 4.69) is 24.5 Å². The van der Waals surface area contributed by atoms with E-state index >= 15 is 0 Å². The zero-order valence-corrected chi connectivity index (χ0v) is 32.4. The van der Waals surface area contributed by atoms with Gasteiger partial charge in [0.1, 0.15) is 12.1 Å². The highest BCUT2D eigenvalue weighted by Crippen LogP contribution is 2.19. The minimum atomic E-state index is -1.38. The standard InChI is InChI=1S/C41H78N2O7/c1-3-5-7-9-11-13-14-15-16-18-19-22-26-30-36(50-40(47)33-29-25-20-17-12-10-8-6-4-2)31-27-23-21-24-28-32-38(45)42-34-39(46)43-37(35-44)41(48)49/h36-37,44H,3-35H2,1-2H3,(H,42,45)(H,43,46)(H,48,49). The van der Waals surface area contributed by atoms with Crippen LogP contribution in [-0.4, -0.2) is 59.3 Å². The number of carboxylic acids is 1.